The van der Waals surface area contributed by atoms with Crippen LogP contribution in [-0.2, 0) is 6.42 Å². The summed E-state index contributed by atoms with van der Waals surface area (Å²) in [6.07, 6.45) is 3.69. The Bertz CT molecular complexity index is 1020. The van der Waals surface area contributed by atoms with Gasteiger partial charge in [0.2, 0.25) is 0 Å². The van der Waals surface area contributed by atoms with Crippen molar-refractivity contribution < 1.29 is 0 Å². The van der Waals surface area contributed by atoms with Crippen LogP contribution >= 0.6 is 0 Å². The fraction of sp³-hybridized carbons (Fsp3) is 0.200. The van der Waals surface area contributed by atoms with Crippen molar-refractivity contribution in [1.82, 2.24) is 0 Å². The van der Waals surface area contributed by atoms with Crippen molar-refractivity contribution >= 4 is 21.5 Å². The van der Waals surface area contributed by atoms with Crippen LogP contribution < -0.4 is 0 Å². The summed E-state index contributed by atoms with van der Waals surface area (Å²) in [6.45, 7) is 4.38. The third-order valence-corrected chi connectivity index (χ3v) is 5.06. The Balaban J connectivity index is 1.77. The average Bonchev–Trinajstić information content (AvgIpc) is 2.64. The molecular formula is C25H24. The molecule has 0 unspecified atom stereocenters. The second-order valence-electron chi connectivity index (χ2n) is 7.07. The first kappa shape index (κ1) is 15.9. The van der Waals surface area contributed by atoms with Gasteiger partial charge >= 0.3 is 0 Å². The summed E-state index contributed by atoms with van der Waals surface area (Å²) >= 11 is 0. The first-order chi connectivity index (χ1) is 12.2. The Morgan fingerprint density at radius 2 is 1.24 bits per heavy atom. The molecule has 0 aliphatic heterocycles. The monoisotopic (exact) mass is 324 g/mol. The van der Waals surface area contributed by atoms with E-state index in [9.17, 15) is 0 Å². The molecule has 0 atom stereocenters. The maximum atomic E-state index is 2.36. The molecule has 0 bridgehead atoms. The Hall–Kier alpha value is -2.60. The highest BCUT2D eigenvalue weighted by Gasteiger charge is 2.03. The van der Waals surface area contributed by atoms with Crippen LogP contribution in [0.2, 0.25) is 0 Å². The van der Waals surface area contributed by atoms with Gasteiger partial charge in [-0.1, -0.05) is 73.5 Å². The van der Waals surface area contributed by atoms with Gasteiger partial charge in [-0.15, -0.1) is 0 Å². The SMILES string of the molecule is CCCCc1ccc2cc3cc(-c4ccc(C)cc4)ccc3cc2c1. The summed E-state index contributed by atoms with van der Waals surface area (Å²) in [7, 11) is 0. The molecule has 0 heteroatoms. The van der Waals surface area contributed by atoms with E-state index < -0.39 is 0 Å². The van der Waals surface area contributed by atoms with E-state index in [1.165, 1.54) is 63.1 Å². The van der Waals surface area contributed by atoms with Crippen LogP contribution in [0.1, 0.15) is 30.9 Å². The zero-order valence-electron chi connectivity index (χ0n) is 15.0. The molecule has 0 aromatic heterocycles. The number of aryl methyl sites for hydroxylation is 2. The van der Waals surface area contributed by atoms with E-state index in [1.807, 2.05) is 0 Å². The van der Waals surface area contributed by atoms with E-state index in [-0.39, 0.29) is 0 Å². The third-order valence-electron chi connectivity index (χ3n) is 5.06. The molecule has 4 aromatic rings. The molecule has 0 heterocycles. The third kappa shape index (κ3) is 3.30. The van der Waals surface area contributed by atoms with E-state index in [4.69, 9.17) is 0 Å². The summed E-state index contributed by atoms with van der Waals surface area (Å²) in [5.74, 6) is 0. The molecule has 4 aromatic carbocycles. The van der Waals surface area contributed by atoms with E-state index in [0.717, 1.165) is 0 Å². The van der Waals surface area contributed by atoms with Crippen molar-refractivity contribution in [3.63, 3.8) is 0 Å². The highest BCUT2D eigenvalue weighted by molar-refractivity contribution is 5.99. The molecule has 0 aliphatic carbocycles. The molecule has 0 amide bonds. The van der Waals surface area contributed by atoms with Gasteiger partial charge in [0.05, 0.1) is 0 Å². The number of unbranched alkanes of at least 4 members (excludes halogenated alkanes) is 1. The normalized spacial score (nSPS) is 11.3. The van der Waals surface area contributed by atoms with Crippen LogP contribution in [0.5, 0.6) is 0 Å². The largest absolute Gasteiger partial charge is 0.0654 e. The topological polar surface area (TPSA) is 0 Å². The lowest BCUT2D eigenvalue weighted by molar-refractivity contribution is 0.796. The predicted molar refractivity (Wildman–Crippen MR) is 110 cm³/mol. The summed E-state index contributed by atoms with van der Waals surface area (Å²) in [6, 6.07) is 27.1. The number of benzene rings is 4. The number of rotatable bonds is 4. The number of hydrogen-bond acceptors (Lipinski definition) is 0. The standard InChI is InChI=1S/C25H24/c1-3-4-5-19-8-11-22-17-25-15-21(20-9-6-18(2)7-10-20)12-13-23(25)16-24(22)14-19/h6-17H,3-5H2,1-2H3. The van der Waals surface area contributed by atoms with E-state index >= 15 is 0 Å². The van der Waals surface area contributed by atoms with Gasteiger partial charge in [-0.3, -0.25) is 0 Å². The van der Waals surface area contributed by atoms with Gasteiger partial charge in [-0.2, -0.15) is 0 Å². The average molecular weight is 324 g/mol. The fourth-order valence-electron chi connectivity index (χ4n) is 3.51. The van der Waals surface area contributed by atoms with Gasteiger partial charge in [-0.05, 0) is 76.2 Å². The van der Waals surface area contributed by atoms with Crippen molar-refractivity contribution in [1.29, 1.82) is 0 Å². The molecule has 0 aliphatic rings. The van der Waals surface area contributed by atoms with E-state index in [2.05, 4.69) is 86.6 Å². The van der Waals surface area contributed by atoms with Crippen molar-refractivity contribution in [3.05, 3.63) is 83.9 Å². The molecular weight excluding hydrogens is 300 g/mol. The van der Waals surface area contributed by atoms with Crippen LogP contribution in [0.3, 0.4) is 0 Å². The maximum Gasteiger partial charge on any atom is -0.0171 e. The van der Waals surface area contributed by atoms with Gasteiger partial charge < -0.3 is 0 Å². The maximum absolute atomic E-state index is 2.36. The molecule has 0 saturated carbocycles. The molecule has 0 fully saturated rings. The molecule has 0 N–H and O–H groups in total. The zero-order chi connectivity index (χ0) is 17.2. The second kappa shape index (κ2) is 6.72. The zero-order valence-corrected chi connectivity index (χ0v) is 15.0. The van der Waals surface area contributed by atoms with Crippen LogP contribution in [0.15, 0.2) is 72.8 Å². The lowest BCUT2D eigenvalue weighted by Gasteiger charge is -2.08. The fourth-order valence-corrected chi connectivity index (χ4v) is 3.51. The molecule has 4 rings (SSSR count). The Morgan fingerprint density at radius 3 is 1.96 bits per heavy atom. The minimum atomic E-state index is 1.18. The number of fused-ring (bicyclic) bond motifs is 2. The van der Waals surface area contributed by atoms with Gasteiger partial charge in [0.15, 0.2) is 0 Å². The van der Waals surface area contributed by atoms with Gasteiger partial charge in [-0.25, -0.2) is 0 Å². The smallest absolute Gasteiger partial charge is 0.0171 e. The molecule has 124 valence electrons. The van der Waals surface area contributed by atoms with E-state index in [0.29, 0.717) is 0 Å². The molecule has 0 spiro atoms. The molecule has 0 nitrogen and oxygen atoms in total. The van der Waals surface area contributed by atoms with Gasteiger partial charge in [0.1, 0.15) is 0 Å². The van der Waals surface area contributed by atoms with Crippen LogP contribution in [0, 0.1) is 6.92 Å². The Morgan fingerprint density at radius 1 is 0.600 bits per heavy atom. The molecule has 0 radical (unpaired) electrons. The van der Waals surface area contributed by atoms with Crippen molar-refractivity contribution in [2.24, 2.45) is 0 Å². The first-order valence-electron chi connectivity index (χ1n) is 9.26. The summed E-state index contributed by atoms with van der Waals surface area (Å²) in [5, 5.41) is 5.31. The molecule has 25 heavy (non-hydrogen) atoms. The van der Waals surface area contributed by atoms with E-state index in [1.54, 1.807) is 0 Å². The minimum absolute atomic E-state index is 1.18. The van der Waals surface area contributed by atoms with Crippen molar-refractivity contribution in [2.45, 2.75) is 33.1 Å². The van der Waals surface area contributed by atoms with Crippen LogP contribution in [-0.4, -0.2) is 0 Å². The minimum Gasteiger partial charge on any atom is -0.0654 e. The van der Waals surface area contributed by atoms with Crippen molar-refractivity contribution in [3.8, 4) is 11.1 Å². The second-order valence-corrected chi connectivity index (χ2v) is 7.07. The Labute approximate surface area is 150 Å². The van der Waals surface area contributed by atoms with Gasteiger partial charge in [0, 0.05) is 0 Å². The quantitative estimate of drug-likeness (QED) is 0.345. The number of hydrogen-bond donors (Lipinski definition) is 0. The van der Waals surface area contributed by atoms with Gasteiger partial charge in [0.25, 0.3) is 0 Å². The van der Waals surface area contributed by atoms with Crippen LogP contribution in [0.25, 0.3) is 32.7 Å². The summed E-state index contributed by atoms with van der Waals surface area (Å²) < 4.78 is 0. The molecule has 0 saturated heterocycles. The lowest BCUT2D eigenvalue weighted by atomic mass is 9.96. The summed E-state index contributed by atoms with van der Waals surface area (Å²) in [5.41, 5.74) is 5.31. The highest BCUT2D eigenvalue weighted by Crippen LogP contribution is 2.29. The predicted octanol–water partition coefficient (Wildman–Crippen LogP) is 7.31. The highest BCUT2D eigenvalue weighted by atomic mass is 14.1. The van der Waals surface area contributed by atoms with Crippen molar-refractivity contribution in [2.75, 3.05) is 0 Å². The Kier molecular flexibility index (Phi) is 4.28. The lowest BCUT2D eigenvalue weighted by Crippen LogP contribution is -1.86. The van der Waals surface area contributed by atoms with Crippen LogP contribution in [0.4, 0.5) is 0 Å². The summed E-state index contributed by atoms with van der Waals surface area (Å²) in [4.78, 5) is 0. The first-order valence-corrected chi connectivity index (χ1v) is 9.26.